The minimum Gasteiger partial charge on any atom is -0.496 e. The van der Waals surface area contributed by atoms with Gasteiger partial charge < -0.3 is 4.74 Å². The molecule has 1 rings (SSSR count). The van der Waals surface area contributed by atoms with E-state index in [0.29, 0.717) is 5.75 Å². The molecule has 0 atom stereocenters. The number of methoxy groups -OCH3 is 1. The zero-order valence-electron chi connectivity index (χ0n) is 9.53. The third-order valence-electron chi connectivity index (χ3n) is 2.37. The van der Waals surface area contributed by atoms with Gasteiger partial charge in [0.05, 0.1) is 12.9 Å². The van der Waals surface area contributed by atoms with Gasteiger partial charge in [0.15, 0.2) is 0 Å². The lowest BCUT2D eigenvalue weighted by molar-refractivity contribution is 0.398. The standard InChI is InChI=1S/C11H15ClO3S/c1-11(2,8-16(12,13)14)9-6-4-5-7-10(9)15-3/h4-7H,8H2,1-3H3. The van der Waals surface area contributed by atoms with E-state index in [2.05, 4.69) is 0 Å². The van der Waals surface area contributed by atoms with Gasteiger partial charge in [0, 0.05) is 21.7 Å². The van der Waals surface area contributed by atoms with Gasteiger partial charge in [-0.15, -0.1) is 0 Å². The molecule has 3 nitrogen and oxygen atoms in total. The summed E-state index contributed by atoms with van der Waals surface area (Å²) in [7, 11) is 3.32. The third-order valence-corrected chi connectivity index (χ3v) is 3.76. The van der Waals surface area contributed by atoms with Crippen LogP contribution in [0.1, 0.15) is 19.4 Å². The number of benzene rings is 1. The molecule has 1 aromatic rings. The Kier molecular flexibility index (Phi) is 3.86. The molecule has 16 heavy (non-hydrogen) atoms. The molecule has 0 aliphatic heterocycles. The van der Waals surface area contributed by atoms with Crippen molar-refractivity contribution in [2.75, 3.05) is 12.9 Å². The maximum Gasteiger partial charge on any atom is 0.233 e. The van der Waals surface area contributed by atoms with Gasteiger partial charge in [0.25, 0.3) is 0 Å². The molecule has 1 aromatic carbocycles. The summed E-state index contributed by atoms with van der Waals surface area (Å²) >= 11 is 0. The maximum atomic E-state index is 11.1. The Hall–Kier alpha value is -0.740. The third kappa shape index (κ3) is 3.39. The smallest absolute Gasteiger partial charge is 0.233 e. The molecular formula is C11H15ClO3S. The summed E-state index contributed by atoms with van der Waals surface area (Å²) in [4.78, 5) is 0. The summed E-state index contributed by atoms with van der Waals surface area (Å²) in [6.07, 6.45) is 0. The number of hydrogen-bond donors (Lipinski definition) is 0. The van der Waals surface area contributed by atoms with Crippen molar-refractivity contribution >= 4 is 19.7 Å². The van der Waals surface area contributed by atoms with Crippen LogP contribution >= 0.6 is 10.7 Å². The molecule has 0 radical (unpaired) electrons. The zero-order chi connectivity index (χ0) is 12.4. The van der Waals surface area contributed by atoms with Crippen LogP contribution in [0.3, 0.4) is 0 Å². The molecule has 0 unspecified atom stereocenters. The Morgan fingerprint density at radius 2 is 1.88 bits per heavy atom. The van der Waals surface area contributed by atoms with Crippen molar-refractivity contribution in [2.24, 2.45) is 0 Å². The minimum atomic E-state index is -3.54. The largest absolute Gasteiger partial charge is 0.496 e. The van der Waals surface area contributed by atoms with Crippen molar-refractivity contribution < 1.29 is 13.2 Å². The highest BCUT2D eigenvalue weighted by Crippen LogP contribution is 2.33. The molecule has 0 bridgehead atoms. The SMILES string of the molecule is COc1ccccc1C(C)(C)CS(=O)(=O)Cl. The number of halogens is 1. The van der Waals surface area contributed by atoms with E-state index in [4.69, 9.17) is 15.4 Å². The van der Waals surface area contributed by atoms with Gasteiger partial charge in [0.2, 0.25) is 9.05 Å². The summed E-state index contributed by atoms with van der Waals surface area (Å²) in [5.41, 5.74) is 0.259. The first-order valence-electron chi connectivity index (χ1n) is 4.82. The van der Waals surface area contributed by atoms with Crippen molar-refractivity contribution in [3.05, 3.63) is 29.8 Å². The molecule has 0 amide bonds. The van der Waals surface area contributed by atoms with E-state index in [0.717, 1.165) is 5.56 Å². The van der Waals surface area contributed by atoms with Gasteiger partial charge in [0.1, 0.15) is 5.75 Å². The molecule has 0 saturated heterocycles. The Balaban J connectivity index is 3.16. The van der Waals surface area contributed by atoms with Crippen molar-refractivity contribution in [3.8, 4) is 5.75 Å². The summed E-state index contributed by atoms with van der Waals surface area (Å²) in [6.45, 7) is 3.65. The van der Waals surface area contributed by atoms with Crippen LogP contribution in [-0.2, 0) is 14.5 Å². The van der Waals surface area contributed by atoms with Gasteiger partial charge >= 0.3 is 0 Å². The number of rotatable bonds is 4. The number of para-hydroxylation sites is 1. The van der Waals surface area contributed by atoms with Crippen molar-refractivity contribution in [2.45, 2.75) is 19.3 Å². The van der Waals surface area contributed by atoms with E-state index < -0.39 is 14.5 Å². The lowest BCUT2D eigenvalue weighted by Crippen LogP contribution is -2.26. The summed E-state index contributed by atoms with van der Waals surface area (Å²) < 4.78 is 27.5. The van der Waals surface area contributed by atoms with Crippen LogP contribution in [0.5, 0.6) is 5.75 Å². The highest BCUT2D eigenvalue weighted by atomic mass is 35.7. The quantitative estimate of drug-likeness (QED) is 0.784. The monoisotopic (exact) mass is 262 g/mol. The van der Waals surface area contributed by atoms with Gasteiger partial charge in [-0.05, 0) is 6.07 Å². The highest BCUT2D eigenvalue weighted by Gasteiger charge is 2.29. The predicted octanol–water partition coefficient (Wildman–Crippen LogP) is 2.54. The lowest BCUT2D eigenvalue weighted by Gasteiger charge is -2.25. The number of ether oxygens (including phenoxy) is 1. The summed E-state index contributed by atoms with van der Waals surface area (Å²) in [5.74, 6) is 0.551. The average molecular weight is 263 g/mol. The summed E-state index contributed by atoms with van der Waals surface area (Å²) in [6, 6.07) is 7.34. The van der Waals surface area contributed by atoms with Crippen LogP contribution in [0.4, 0.5) is 0 Å². The number of hydrogen-bond acceptors (Lipinski definition) is 3. The molecule has 5 heteroatoms. The van der Waals surface area contributed by atoms with Gasteiger partial charge in [-0.3, -0.25) is 0 Å². The fourth-order valence-electron chi connectivity index (χ4n) is 1.71. The Labute approximate surface area is 101 Å². The second-order valence-corrected chi connectivity index (χ2v) is 7.04. The molecule has 90 valence electrons. The van der Waals surface area contributed by atoms with E-state index >= 15 is 0 Å². The Bertz CT molecular complexity index is 466. The van der Waals surface area contributed by atoms with Crippen LogP contribution in [0.15, 0.2) is 24.3 Å². The maximum absolute atomic E-state index is 11.1. The van der Waals surface area contributed by atoms with Crippen LogP contribution < -0.4 is 4.74 Å². The van der Waals surface area contributed by atoms with Gasteiger partial charge in [-0.2, -0.15) is 0 Å². The average Bonchev–Trinajstić information content (AvgIpc) is 2.14. The lowest BCUT2D eigenvalue weighted by atomic mass is 9.86. The highest BCUT2D eigenvalue weighted by molar-refractivity contribution is 8.13. The molecule has 0 aliphatic carbocycles. The van der Waals surface area contributed by atoms with Crippen molar-refractivity contribution in [3.63, 3.8) is 0 Å². The van der Waals surface area contributed by atoms with E-state index in [-0.39, 0.29) is 5.75 Å². The van der Waals surface area contributed by atoms with Crippen LogP contribution in [0.25, 0.3) is 0 Å². The Morgan fingerprint density at radius 3 is 2.38 bits per heavy atom. The molecule has 0 fully saturated rings. The fourth-order valence-corrected chi connectivity index (χ4v) is 3.55. The van der Waals surface area contributed by atoms with E-state index in [1.54, 1.807) is 13.2 Å². The molecule has 0 saturated carbocycles. The second kappa shape index (κ2) is 4.63. The second-order valence-electron chi connectivity index (χ2n) is 4.27. The van der Waals surface area contributed by atoms with E-state index in [9.17, 15) is 8.42 Å². The minimum absolute atomic E-state index is 0.123. The first-order valence-corrected chi connectivity index (χ1v) is 7.30. The van der Waals surface area contributed by atoms with Gasteiger partial charge in [-0.25, -0.2) is 8.42 Å². The van der Waals surface area contributed by atoms with Crippen LogP contribution in [0, 0.1) is 0 Å². The van der Waals surface area contributed by atoms with Crippen LogP contribution in [0.2, 0.25) is 0 Å². The molecule has 0 aromatic heterocycles. The molecule has 0 aliphatic rings. The molecule has 0 heterocycles. The normalized spacial score (nSPS) is 12.5. The van der Waals surface area contributed by atoms with Crippen LogP contribution in [-0.4, -0.2) is 21.3 Å². The topological polar surface area (TPSA) is 43.4 Å². The van der Waals surface area contributed by atoms with Crippen molar-refractivity contribution in [1.29, 1.82) is 0 Å². The van der Waals surface area contributed by atoms with Gasteiger partial charge in [-0.1, -0.05) is 32.0 Å². The van der Waals surface area contributed by atoms with Crippen molar-refractivity contribution in [1.82, 2.24) is 0 Å². The molecule has 0 spiro atoms. The first kappa shape index (κ1) is 13.3. The summed E-state index contributed by atoms with van der Waals surface area (Å²) in [5, 5.41) is 0. The van der Waals surface area contributed by atoms with E-state index in [1.807, 2.05) is 32.0 Å². The zero-order valence-corrected chi connectivity index (χ0v) is 11.1. The first-order chi connectivity index (χ1) is 7.26. The molecular weight excluding hydrogens is 248 g/mol. The fraction of sp³-hybridized carbons (Fsp3) is 0.455. The molecule has 0 N–H and O–H groups in total. The Morgan fingerprint density at radius 1 is 1.31 bits per heavy atom. The predicted molar refractivity (Wildman–Crippen MR) is 65.7 cm³/mol. The van der Waals surface area contributed by atoms with E-state index in [1.165, 1.54) is 0 Å².